The Labute approximate surface area is 122 Å². The monoisotopic (exact) mass is 296 g/mol. The number of unbranched alkanes of at least 4 members (excludes halogenated alkanes) is 1. The minimum atomic E-state index is -0.430. The Morgan fingerprint density at radius 3 is 2.89 bits per heavy atom. The summed E-state index contributed by atoms with van der Waals surface area (Å²) in [5, 5.41) is 9.07. The van der Waals surface area contributed by atoms with E-state index in [1.807, 2.05) is 30.8 Å². The van der Waals surface area contributed by atoms with Gasteiger partial charge in [-0.3, -0.25) is 0 Å². The molecule has 1 heterocycles. The lowest BCUT2D eigenvalue weighted by Crippen LogP contribution is -2.39. The zero-order valence-corrected chi connectivity index (χ0v) is 12.8. The van der Waals surface area contributed by atoms with Gasteiger partial charge in [0.05, 0.1) is 16.8 Å². The van der Waals surface area contributed by atoms with Crippen LogP contribution in [0, 0.1) is 0 Å². The molecule has 2 aromatic rings. The van der Waals surface area contributed by atoms with Gasteiger partial charge in [0, 0.05) is 11.3 Å². The van der Waals surface area contributed by atoms with Gasteiger partial charge in [0.2, 0.25) is 0 Å². The molecule has 1 atom stereocenters. The van der Waals surface area contributed by atoms with Crippen molar-refractivity contribution in [1.82, 2.24) is 4.98 Å². The van der Waals surface area contributed by atoms with Crippen molar-refractivity contribution in [1.29, 1.82) is 0 Å². The lowest BCUT2D eigenvalue weighted by molar-refractivity contribution is 0.198. The second-order valence-electron chi connectivity index (χ2n) is 5.07. The normalized spacial score (nSPS) is 14.7. The Morgan fingerprint density at radius 1 is 1.37 bits per heavy atom. The van der Waals surface area contributed by atoms with Gasteiger partial charge < -0.3 is 10.8 Å². The van der Waals surface area contributed by atoms with Crippen molar-refractivity contribution in [2.45, 2.75) is 36.1 Å². The van der Waals surface area contributed by atoms with E-state index in [-0.39, 0.29) is 6.61 Å². The number of nitrogens with zero attached hydrogens (tertiary/aromatic N) is 1. The molecule has 0 amide bonds. The van der Waals surface area contributed by atoms with Gasteiger partial charge in [-0.1, -0.05) is 30.3 Å². The Kier molecular flexibility index (Phi) is 5.21. The topological polar surface area (TPSA) is 59.1 Å². The molecule has 3 N–H and O–H groups in total. The maximum atomic E-state index is 9.07. The molecule has 0 aliphatic rings. The number of thioether (sulfide) groups is 1. The van der Waals surface area contributed by atoms with E-state index < -0.39 is 5.54 Å². The summed E-state index contributed by atoms with van der Waals surface area (Å²) >= 11 is 3.56. The zero-order chi connectivity index (χ0) is 13.7. The van der Waals surface area contributed by atoms with E-state index in [0.29, 0.717) is 0 Å². The molecule has 1 aromatic heterocycles. The zero-order valence-electron chi connectivity index (χ0n) is 11.1. The highest BCUT2D eigenvalue weighted by Crippen LogP contribution is 2.29. The summed E-state index contributed by atoms with van der Waals surface area (Å²) in [5.41, 5.74) is 6.55. The molecule has 0 saturated heterocycles. The predicted octanol–water partition coefficient (Wildman–Crippen LogP) is 3.27. The summed E-state index contributed by atoms with van der Waals surface area (Å²) in [4.78, 5) is 4.59. The van der Waals surface area contributed by atoms with Crippen LogP contribution in [0.5, 0.6) is 0 Å². The van der Waals surface area contributed by atoms with Crippen LogP contribution < -0.4 is 5.73 Å². The molecule has 2 rings (SSSR count). The number of aliphatic hydroxyl groups excluding tert-OH is 1. The van der Waals surface area contributed by atoms with Crippen LogP contribution in [-0.4, -0.2) is 28.0 Å². The van der Waals surface area contributed by atoms with E-state index in [2.05, 4.69) is 17.1 Å². The number of thiazole rings is 1. The third-order valence-electron chi connectivity index (χ3n) is 3.00. The van der Waals surface area contributed by atoms with Crippen molar-refractivity contribution in [3.8, 4) is 0 Å². The van der Waals surface area contributed by atoms with E-state index in [1.165, 1.54) is 4.70 Å². The second-order valence-corrected chi connectivity index (χ2v) is 7.44. The molecule has 3 nitrogen and oxygen atoms in total. The highest BCUT2D eigenvalue weighted by atomic mass is 32.2. The van der Waals surface area contributed by atoms with Gasteiger partial charge in [0.1, 0.15) is 0 Å². The Bertz CT molecular complexity index is 492. The fraction of sp³-hybridized carbons (Fsp3) is 0.500. The molecule has 5 heteroatoms. The first-order valence-corrected chi connectivity index (χ1v) is 8.29. The summed E-state index contributed by atoms with van der Waals surface area (Å²) in [6, 6.07) is 8.23. The number of aromatic nitrogens is 1. The maximum Gasteiger partial charge on any atom is 0.151 e. The molecule has 0 radical (unpaired) electrons. The van der Waals surface area contributed by atoms with Crippen LogP contribution in [0.4, 0.5) is 0 Å². The van der Waals surface area contributed by atoms with Gasteiger partial charge in [-0.25, -0.2) is 4.98 Å². The fourth-order valence-electron chi connectivity index (χ4n) is 1.78. The second kappa shape index (κ2) is 6.70. The number of hydrogen-bond acceptors (Lipinski definition) is 5. The van der Waals surface area contributed by atoms with Crippen LogP contribution in [0.3, 0.4) is 0 Å². The van der Waals surface area contributed by atoms with Crippen LogP contribution in [-0.2, 0) is 0 Å². The minimum absolute atomic E-state index is 0.0536. The van der Waals surface area contributed by atoms with Gasteiger partial charge in [0.25, 0.3) is 0 Å². The predicted molar refractivity (Wildman–Crippen MR) is 83.9 cm³/mol. The fourth-order valence-corrected chi connectivity index (χ4v) is 3.92. The van der Waals surface area contributed by atoms with Crippen LogP contribution in [0.1, 0.15) is 26.2 Å². The first-order valence-electron chi connectivity index (χ1n) is 6.49. The number of rotatable bonds is 7. The van der Waals surface area contributed by atoms with Crippen molar-refractivity contribution in [3.05, 3.63) is 24.3 Å². The molecule has 0 bridgehead atoms. The molecule has 19 heavy (non-hydrogen) atoms. The summed E-state index contributed by atoms with van der Waals surface area (Å²) in [6.07, 6.45) is 3.02. The van der Waals surface area contributed by atoms with Gasteiger partial charge in [-0.15, -0.1) is 11.3 Å². The number of aliphatic hydroxyl groups is 1. The SMILES string of the molecule is CC(N)(CO)CCCCSc1nc2ccccc2s1. The van der Waals surface area contributed by atoms with Crippen LogP contribution in [0.2, 0.25) is 0 Å². The average Bonchev–Trinajstić information content (AvgIpc) is 2.81. The Balaban J connectivity index is 1.74. The van der Waals surface area contributed by atoms with Gasteiger partial charge >= 0.3 is 0 Å². The summed E-state index contributed by atoms with van der Waals surface area (Å²) in [7, 11) is 0. The van der Waals surface area contributed by atoms with Gasteiger partial charge in [0.15, 0.2) is 4.34 Å². The molecular formula is C14H20N2OS2. The standard InChI is InChI=1S/C14H20N2OS2/c1-14(15,10-17)8-4-5-9-18-13-16-11-6-2-3-7-12(11)19-13/h2-3,6-7,17H,4-5,8-10,15H2,1H3. The molecule has 1 aromatic carbocycles. The molecular weight excluding hydrogens is 276 g/mol. The summed E-state index contributed by atoms with van der Waals surface area (Å²) < 4.78 is 2.39. The first kappa shape index (κ1) is 14.8. The first-order chi connectivity index (χ1) is 9.11. The smallest absolute Gasteiger partial charge is 0.151 e. The largest absolute Gasteiger partial charge is 0.394 e. The number of nitrogens with two attached hydrogens (primary N) is 1. The maximum absolute atomic E-state index is 9.07. The number of hydrogen-bond donors (Lipinski definition) is 2. The van der Waals surface area contributed by atoms with Crippen molar-refractivity contribution >= 4 is 33.3 Å². The number of benzene rings is 1. The molecule has 104 valence electrons. The Hall–Kier alpha value is -0.620. The third kappa shape index (κ3) is 4.45. The quantitative estimate of drug-likeness (QED) is 0.608. The van der Waals surface area contributed by atoms with Crippen molar-refractivity contribution in [3.63, 3.8) is 0 Å². The van der Waals surface area contributed by atoms with Crippen LogP contribution in [0.15, 0.2) is 28.6 Å². The van der Waals surface area contributed by atoms with E-state index in [0.717, 1.165) is 34.9 Å². The molecule has 0 fully saturated rings. The van der Waals surface area contributed by atoms with Crippen LogP contribution >= 0.6 is 23.1 Å². The summed E-state index contributed by atoms with van der Waals surface area (Å²) in [5.74, 6) is 1.06. The lowest BCUT2D eigenvalue weighted by atomic mass is 9.98. The van der Waals surface area contributed by atoms with Crippen LogP contribution in [0.25, 0.3) is 10.2 Å². The lowest BCUT2D eigenvalue weighted by Gasteiger charge is -2.20. The van der Waals surface area contributed by atoms with Crippen molar-refractivity contribution < 1.29 is 5.11 Å². The third-order valence-corrected chi connectivity index (χ3v) is 5.27. The molecule has 0 spiro atoms. The molecule has 1 unspecified atom stereocenters. The van der Waals surface area contributed by atoms with Gasteiger partial charge in [-0.2, -0.15) is 0 Å². The van der Waals surface area contributed by atoms with Crippen molar-refractivity contribution in [2.75, 3.05) is 12.4 Å². The molecule has 0 aliphatic heterocycles. The highest BCUT2D eigenvalue weighted by molar-refractivity contribution is 8.01. The minimum Gasteiger partial charge on any atom is -0.394 e. The average molecular weight is 296 g/mol. The van der Waals surface area contributed by atoms with Gasteiger partial charge in [-0.05, 0) is 31.9 Å². The van der Waals surface area contributed by atoms with E-state index in [1.54, 1.807) is 11.3 Å². The van der Waals surface area contributed by atoms with E-state index >= 15 is 0 Å². The molecule has 0 saturated carbocycles. The van der Waals surface area contributed by atoms with Crippen molar-refractivity contribution in [2.24, 2.45) is 5.73 Å². The highest BCUT2D eigenvalue weighted by Gasteiger charge is 2.15. The van der Waals surface area contributed by atoms with E-state index in [9.17, 15) is 0 Å². The molecule has 0 aliphatic carbocycles. The number of fused-ring (bicyclic) bond motifs is 1. The summed E-state index contributed by atoms with van der Waals surface area (Å²) in [6.45, 7) is 1.95. The number of para-hydroxylation sites is 1. The Morgan fingerprint density at radius 2 is 2.16 bits per heavy atom. The van der Waals surface area contributed by atoms with E-state index in [4.69, 9.17) is 10.8 Å².